The first-order valence-corrected chi connectivity index (χ1v) is 20.9. The number of aryl methyl sites for hydroxylation is 1. The smallest absolute Gasteiger partial charge is 0.0537 e. The molecule has 0 saturated heterocycles. The Morgan fingerprint density at radius 3 is 1.77 bits per heavy atom. The minimum Gasteiger partial charge on any atom is -0.310 e. The number of nitrogens with zero attached hydrogens (tertiary/aromatic N) is 2. The van der Waals surface area contributed by atoms with E-state index >= 15 is 0 Å². The summed E-state index contributed by atoms with van der Waals surface area (Å²) in [6, 6.07) is 79.5. The summed E-state index contributed by atoms with van der Waals surface area (Å²) in [5.74, 6) is 0. The molecule has 0 spiro atoms. The maximum Gasteiger partial charge on any atom is 0.0537 e. The first-order valence-electron chi connectivity index (χ1n) is 20.9. The highest BCUT2D eigenvalue weighted by atomic mass is 15.1. The van der Waals surface area contributed by atoms with Gasteiger partial charge in [-0.15, -0.1) is 0 Å². The number of anilines is 3. The molecule has 60 heavy (non-hydrogen) atoms. The van der Waals surface area contributed by atoms with Crippen LogP contribution in [0.15, 0.2) is 224 Å². The fourth-order valence-corrected chi connectivity index (χ4v) is 9.11. The Hall–Kier alpha value is -7.68. The molecule has 0 aliphatic heterocycles. The van der Waals surface area contributed by atoms with Crippen LogP contribution in [0.1, 0.15) is 17.7 Å². The van der Waals surface area contributed by atoms with E-state index in [0.717, 1.165) is 29.9 Å². The Morgan fingerprint density at radius 1 is 0.383 bits per heavy atom. The van der Waals surface area contributed by atoms with Crippen LogP contribution in [0.5, 0.6) is 0 Å². The zero-order valence-corrected chi connectivity index (χ0v) is 33.2. The van der Waals surface area contributed by atoms with Crippen LogP contribution < -0.4 is 4.90 Å². The largest absolute Gasteiger partial charge is 0.310 e. The summed E-state index contributed by atoms with van der Waals surface area (Å²) in [5.41, 5.74) is 18.0. The fourth-order valence-electron chi connectivity index (χ4n) is 9.11. The molecular formula is C58H42N2. The molecule has 0 bridgehead atoms. The third-order valence-corrected chi connectivity index (χ3v) is 12.1. The van der Waals surface area contributed by atoms with Crippen molar-refractivity contribution >= 4 is 44.8 Å². The molecule has 284 valence electrons. The summed E-state index contributed by atoms with van der Waals surface area (Å²) in [6.45, 7) is 0. The van der Waals surface area contributed by atoms with E-state index in [0.29, 0.717) is 0 Å². The number of allylic oxidation sites excluding steroid dienone is 1. The van der Waals surface area contributed by atoms with Gasteiger partial charge in [0.05, 0.1) is 5.52 Å². The lowest BCUT2D eigenvalue weighted by molar-refractivity contribution is 0.968. The fraction of sp³-hybridized carbons (Fsp3) is 0.0345. The van der Waals surface area contributed by atoms with E-state index in [9.17, 15) is 0 Å². The maximum absolute atomic E-state index is 2.45. The molecule has 11 rings (SSSR count). The van der Waals surface area contributed by atoms with Crippen molar-refractivity contribution in [3.8, 4) is 50.2 Å². The molecule has 9 aromatic carbocycles. The van der Waals surface area contributed by atoms with E-state index in [-0.39, 0.29) is 0 Å². The SMILES string of the molecule is C1=Cc2c(c3ccccc3n2-c2ccc(-c3ccc(N(c4ccc(-c5ccccc5)cc4)c4cccc(-c5ccc6ccccc6c5)c4)cc3)c(-c3ccccc3)c2)CC1. The zero-order chi connectivity index (χ0) is 39.8. The summed E-state index contributed by atoms with van der Waals surface area (Å²) in [6.07, 6.45) is 6.77. The van der Waals surface area contributed by atoms with Crippen molar-refractivity contribution < 1.29 is 0 Å². The molecule has 1 aliphatic rings. The highest BCUT2D eigenvalue weighted by Crippen LogP contribution is 2.42. The van der Waals surface area contributed by atoms with Crippen molar-refractivity contribution in [1.29, 1.82) is 0 Å². The van der Waals surface area contributed by atoms with Crippen LogP contribution >= 0.6 is 0 Å². The number of hydrogen-bond donors (Lipinski definition) is 0. The van der Waals surface area contributed by atoms with Gasteiger partial charge in [-0.3, -0.25) is 0 Å². The second-order valence-electron chi connectivity index (χ2n) is 15.7. The number of benzene rings is 9. The number of para-hydroxylation sites is 1. The summed E-state index contributed by atoms with van der Waals surface area (Å²) in [5, 5.41) is 3.84. The number of rotatable bonds is 8. The summed E-state index contributed by atoms with van der Waals surface area (Å²) >= 11 is 0. The number of aromatic nitrogens is 1. The van der Waals surface area contributed by atoms with Crippen LogP contribution in [0.25, 0.3) is 77.9 Å². The third kappa shape index (κ3) is 6.49. The second kappa shape index (κ2) is 15.2. The number of hydrogen-bond acceptors (Lipinski definition) is 1. The molecule has 0 fully saturated rings. The van der Waals surface area contributed by atoms with E-state index in [1.807, 2.05) is 0 Å². The van der Waals surface area contributed by atoms with E-state index in [1.165, 1.54) is 83.1 Å². The van der Waals surface area contributed by atoms with E-state index in [4.69, 9.17) is 0 Å². The van der Waals surface area contributed by atoms with E-state index in [1.54, 1.807) is 0 Å². The van der Waals surface area contributed by atoms with Gasteiger partial charge in [0.1, 0.15) is 0 Å². The lowest BCUT2D eigenvalue weighted by Gasteiger charge is -2.26. The van der Waals surface area contributed by atoms with E-state index < -0.39 is 0 Å². The van der Waals surface area contributed by atoms with E-state index in [2.05, 4.69) is 240 Å². The van der Waals surface area contributed by atoms with Gasteiger partial charge in [-0.1, -0.05) is 164 Å². The maximum atomic E-state index is 2.45. The molecule has 1 heterocycles. The zero-order valence-electron chi connectivity index (χ0n) is 33.2. The molecular weight excluding hydrogens is 725 g/mol. The monoisotopic (exact) mass is 766 g/mol. The van der Waals surface area contributed by atoms with Gasteiger partial charge in [-0.25, -0.2) is 0 Å². The van der Waals surface area contributed by atoms with Gasteiger partial charge in [-0.2, -0.15) is 0 Å². The minimum absolute atomic E-state index is 1.07. The Bertz CT molecular complexity index is 3170. The van der Waals surface area contributed by atoms with Gasteiger partial charge in [0, 0.05) is 33.8 Å². The van der Waals surface area contributed by atoms with Crippen LogP contribution in [0, 0.1) is 0 Å². The second-order valence-corrected chi connectivity index (χ2v) is 15.7. The minimum atomic E-state index is 1.07. The van der Waals surface area contributed by atoms with Crippen molar-refractivity contribution in [1.82, 2.24) is 4.57 Å². The molecule has 0 atom stereocenters. The predicted octanol–water partition coefficient (Wildman–Crippen LogP) is 15.9. The molecule has 0 radical (unpaired) electrons. The van der Waals surface area contributed by atoms with Crippen LogP contribution in [-0.4, -0.2) is 4.57 Å². The Morgan fingerprint density at radius 2 is 0.983 bits per heavy atom. The van der Waals surface area contributed by atoms with Crippen molar-refractivity contribution in [3.63, 3.8) is 0 Å². The molecule has 0 saturated carbocycles. The first kappa shape index (κ1) is 35.5. The van der Waals surface area contributed by atoms with Gasteiger partial charge < -0.3 is 9.47 Å². The van der Waals surface area contributed by atoms with Crippen molar-refractivity contribution in [2.24, 2.45) is 0 Å². The molecule has 2 nitrogen and oxygen atoms in total. The first-order chi connectivity index (χ1) is 29.7. The van der Waals surface area contributed by atoms with Crippen LogP contribution in [-0.2, 0) is 6.42 Å². The molecule has 0 N–H and O–H groups in total. The van der Waals surface area contributed by atoms with Gasteiger partial charge in [0.2, 0.25) is 0 Å². The lowest BCUT2D eigenvalue weighted by Crippen LogP contribution is -2.10. The summed E-state index contributed by atoms with van der Waals surface area (Å²) < 4.78 is 2.45. The van der Waals surface area contributed by atoms with Gasteiger partial charge in [0.15, 0.2) is 0 Å². The Kier molecular flexibility index (Phi) is 9.02. The van der Waals surface area contributed by atoms with Gasteiger partial charge >= 0.3 is 0 Å². The van der Waals surface area contributed by atoms with Crippen molar-refractivity contribution in [2.45, 2.75) is 12.8 Å². The molecule has 1 aromatic heterocycles. The lowest BCUT2D eigenvalue weighted by atomic mass is 9.93. The topological polar surface area (TPSA) is 8.17 Å². The molecule has 10 aromatic rings. The summed E-state index contributed by atoms with van der Waals surface area (Å²) in [7, 11) is 0. The molecule has 0 unspecified atom stereocenters. The molecule has 0 amide bonds. The van der Waals surface area contributed by atoms with Crippen molar-refractivity contribution in [2.75, 3.05) is 4.90 Å². The van der Waals surface area contributed by atoms with Crippen LogP contribution in [0.4, 0.5) is 17.1 Å². The highest BCUT2D eigenvalue weighted by molar-refractivity contribution is 5.93. The average Bonchev–Trinajstić information content (AvgIpc) is 3.67. The average molecular weight is 767 g/mol. The summed E-state index contributed by atoms with van der Waals surface area (Å²) in [4.78, 5) is 2.37. The van der Waals surface area contributed by atoms with Gasteiger partial charge in [-0.05, 0) is 140 Å². The quantitative estimate of drug-likeness (QED) is 0.150. The predicted molar refractivity (Wildman–Crippen MR) is 255 cm³/mol. The van der Waals surface area contributed by atoms with Crippen LogP contribution in [0.2, 0.25) is 0 Å². The highest BCUT2D eigenvalue weighted by Gasteiger charge is 2.20. The molecule has 2 heteroatoms. The standard InChI is InChI=1S/C58H42N2/c1-3-14-41(15-4-1)43-28-32-49(33-29-43)59(51-21-13-20-47(39-51)48-27-26-42-16-7-8-19-46(42)38-48)50-34-30-45(31-35-50)53-37-36-52(40-56(53)44-17-5-2-6-18-44)60-57-24-11-9-22-54(57)55-23-10-12-25-58(55)60/h1-9,11-22,24-40H,10,23H2. The molecule has 1 aliphatic carbocycles. The third-order valence-electron chi connectivity index (χ3n) is 12.1. The van der Waals surface area contributed by atoms with Crippen molar-refractivity contribution in [3.05, 3.63) is 236 Å². The normalized spacial score (nSPS) is 12.1. The number of fused-ring (bicyclic) bond motifs is 4. The Labute approximate surface area is 351 Å². The van der Waals surface area contributed by atoms with Gasteiger partial charge in [0.25, 0.3) is 0 Å². The Balaban J connectivity index is 1.01. The van der Waals surface area contributed by atoms with Crippen LogP contribution in [0.3, 0.4) is 0 Å².